The zero-order valence-corrected chi connectivity index (χ0v) is 11.1. The second-order valence-corrected chi connectivity index (χ2v) is 4.98. The van der Waals surface area contributed by atoms with Gasteiger partial charge in [0.15, 0.2) is 11.5 Å². The first-order valence-electron chi connectivity index (χ1n) is 6.12. The van der Waals surface area contributed by atoms with Crippen LogP contribution in [0.1, 0.15) is 34.6 Å². The Labute approximate surface area is 119 Å². The van der Waals surface area contributed by atoms with Crippen LogP contribution in [0.15, 0.2) is 18.2 Å². The Bertz CT molecular complexity index is 761. The molecular weight excluding hydrogens is 281 g/mol. The Morgan fingerprint density at radius 3 is 2.90 bits per heavy atom. The Morgan fingerprint density at radius 2 is 2.20 bits per heavy atom. The Balaban J connectivity index is 2.22. The molecule has 1 aromatic carbocycles. The highest BCUT2D eigenvalue weighted by atomic mass is 35.5. The van der Waals surface area contributed by atoms with Crippen molar-refractivity contribution in [2.24, 2.45) is 0 Å². The molecule has 0 saturated carbocycles. The number of aromatic nitrogens is 2. The Hall–Kier alpha value is -2.19. The van der Waals surface area contributed by atoms with E-state index >= 15 is 0 Å². The van der Waals surface area contributed by atoms with Crippen molar-refractivity contribution in [3.63, 3.8) is 0 Å². The average molecular weight is 290 g/mol. The van der Waals surface area contributed by atoms with Crippen LogP contribution in [-0.4, -0.2) is 15.6 Å². The lowest BCUT2D eigenvalue weighted by atomic mass is 9.94. The molecule has 0 radical (unpaired) electrons. The Kier molecular flexibility index (Phi) is 3.03. The maximum Gasteiger partial charge on any atom is 0.174 e. The van der Waals surface area contributed by atoms with Gasteiger partial charge in [-0.15, -0.1) is 0 Å². The Morgan fingerprint density at radius 1 is 1.40 bits per heavy atom. The molecule has 0 fully saturated rings. The van der Waals surface area contributed by atoms with Gasteiger partial charge in [0.2, 0.25) is 0 Å². The fourth-order valence-corrected chi connectivity index (χ4v) is 2.60. The van der Waals surface area contributed by atoms with Crippen molar-refractivity contribution in [1.82, 2.24) is 9.78 Å². The number of carbonyl (C=O) groups is 1. The molecule has 1 aliphatic rings. The van der Waals surface area contributed by atoms with E-state index in [1.807, 2.05) is 6.07 Å². The first-order chi connectivity index (χ1) is 9.61. The molecule has 6 heteroatoms. The third-order valence-corrected chi connectivity index (χ3v) is 3.62. The number of carbonyl (C=O) groups excluding carboxylic acids is 1. The van der Waals surface area contributed by atoms with Gasteiger partial charge in [0.05, 0.1) is 22.0 Å². The van der Waals surface area contributed by atoms with Gasteiger partial charge in [-0.05, 0) is 31.0 Å². The highest BCUT2D eigenvalue weighted by Crippen LogP contribution is 2.28. The van der Waals surface area contributed by atoms with Gasteiger partial charge in [-0.25, -0.2) is 9.07 Å². The molecule has 0 aliphatic heterocycles. The summed E-state index contributed by atoms with van der Waals surface area (Å²) in [5, 5.41) is 13.2. The minimum atomic E-state index is -0.520. The number of halogens is 2. The predicted molar refractivity (Wildman–Crippen MR) is 70.5 cm³/mol. The van der Waals surface area contributed by atoms with E-state index in [0.717, 1.165) is 6.42 Å². The maximum atomic E-state index is 13.2. The van der Waals surface area contributed by atoms with Crippen LogP contribution in [0, 0.1) is 17.1 Å². The summed E-state index contributed by atoms with van der Waals surface area (Å²) >= 11 is 5.77. The van der Waals surface area contributed by atoms with E-state index in [-0.39, 0.29) is 16.5 Å². The topological polar surface area (TPSA) is 58.7 Å². The van der Waals surface area contributed by atoms with Crippen molar-refractivity contribution in [2.45, 2.75) is 19.3 Å². The zero-order valence-electron chi connectivity index (χ0n) is 10.4. The smallest absolute Gasteiger partial charge is 0.174 e. The molecule has 2 aromatic rings. The minimum absolute atomic E-state index is 0.0209. The van der Waals surface area contributed by atoms with Gasteiger partial charge in [-0.3, -0.25) is 4.79 Å². The summed E-state index contributed by atoms with van der Waals surface area (Å²) in [4.78, 5) is 11.9. The van der Waals surface area contributed by atoms with E-state index < -0.39 is 5.82 Å². The standard InChI is InChI=1S/C14H9ClFN3O/c15-9-6-8(4-5-10(9)16)19-12-2-1-3-13(20)14(12)11(7-17)18-19/h4-6H,1-3H2. The normalized spacial score (nSPS) is 13.9. The van der Waals surface area contributed by atoms with Gasteiger partial charge in [-0.2, -0.15) is 10.4 Å². The predicted octanol–water partition coefficient (Wildman–Crippen LogP) is 3.06. The minimum Gasteiger partial charge on any atom is -0.294 e. The number of Topliss-reactive ketones (excluding diaryl/α,β-unsaturated/α-hetero) is 1. The van der Waals surface area contributed by atoms with E-state index in [1.165, 1.54) is 22.9 Å². The highest BCUT2D eigenvalue weighted by Gasteiger charge is 2.27. The summed E-state index contributed by atoms with van der Waals surface area (Å²) in [7, 11) is 0. The largest absolute Gasteiger partial charge is 0.294 e. The van der Waals surface area contributed by atoms with Crippen molar-refractivity contribution < 1.29 is 9.18 Å². The molecule has 0 bridgehead atoms. The number of ketones is 1. The van der Waals surface area contributed by atoms with Crippen LogP contribution in [0.5, 0.6) is 0 Å². The molecule has 0 unspecified atom stereocenters. The summed E-state index contributed by atoms with van der Waals surface area (Å²) in [5.74, 6) is -0.588. The SMILES string of the molecule is N#Cc1nn(-c2ccc(F)c(Cl)c2)c2c1C(=O)CCC2. The molecule has 0 amide bonds. The third kappa shape index (κ3) is 1.89. The van der Waals surface area contributed by atoms with Gasteiger partial charge in [0.25, 0.3) is 0 Å². The molecule has 1 aliphatic carbocycles. The molecule has 0 spiro atoms. The van der Waals surface area contributed by atoms with Crippen molar-refractivity contribution in [2.75, 3.05) is 0 Å². The summed E-state index contributed by atoms with van der Waals surface area (Å²) < 4.78 is 14.7. The second-order valence-electron chi connectivity index (χ2n) is 4.57. The number of nitrogens with zero attached hydrogens (tertiary/aromatic N) is 3. The van der Waals surface area contributed by atoms with Crippen LogP contribution in [0.3, 0.4) is 0 Å². The van der Waals surface area contributed by atoms with Crippen LogP contribution in [-0.2, 0) is 6.42 Å². The molecule has 1 aromatic heterocycles. The number of rotatable bonds is 1. The van der Waals surface area contributed by atoms with Crippen LogP contribution in [0.2, 0.25) is 5.02 Å². The van der Waals surface area contributed by atoms with Crippen molar-refractivity contribution in [3.05, 3.63) is 46.0 Å². The number of fused-ring (bicyclic) bond motifs is 1. The second kappa shape index (κ2) is 4.73. The van der Waals surface area contributed by atoms with Gasteiger partial charge < -0.3 is 0 Å². The lowest BCUT2D eigenvalue weighted by molar-refractivity contribution is 0.0972. The van der Waals surface area contributed by atoms with Gasteiger partial charge in [0, 0.05) is 6.42 Å². The molecular formula is C14H9ClFN3O. The number of hydrogen-bond donors (Lipinski definition) is 0. The zero-order chi connectivity index (χ0) is 14.3. The summed E-state index contributed by atoms with van der Waals surface area (Å²) in [6, 6.07) is 6.14. The van der Waals surface area contributed by atoms with E-state index in [9.17, 15) is 9.18 Å². The average Bonchev–Trinajstić information content (AvgIpc) is 2.82. The lowest BCUT2D eigenvalue weighted by Gasteiger charge is -2.13. The van der Waals surface area contributed by atoms with Crippen LogP contribution in [0.4, 0.5) is 4.39 Å². The molecule has 0 saturated heterocycles. The van der Waals surface area contributed by atoms with Crippen molar-refractivity contribution >= 4 is 17.4 Å². The van der Waals surface area contributed by atoms with E-state index in [2.05, 4.69) is 5.10 Å². The van der Waals surface area contributed by atoms with E-state index in [0.29, 0.717) is 29.8 Å². The summed E-state index contributed by atoms with van der Waals surface area (Å²) in [6.07, 6.45) is 1.81. The van der Waals surface area contributed by atoms with Gasteiger partial charge in [-0.1, -0.05) is 11.6 Å². The highest BCUT2D eigenvalue weighted by molar-refractivity contribution is 6.30. The van der Waals surface area contributed by atoms with E-state index in [4.69, 9.17) is 16.9 Å². The number of hydrogen-bond acceptors (Lipinski definition) is 3. The first kappa shape index (κ1) is 12.8. The molecule has 20 heavy (non-hydrogen) atoms. The molecule has 4 nitrogen and oxygen atoms in total. The maximum absolute atomic E-state index is 13.2. The molecule has 0 atom stereocenters. The summed E-state index contributed by atoms with van der Waals surface area (Å²) in [5.41, 5.74) is 1.74. The van der Waals surface area contributed by atoms with Crippen molar-refractivity contribution in [3.8, 4) is 11.8 Å². The molecule has 0 N–H and O–H groups in total. The van der Waals surface area contributed by atoms with Gasteiger partial charge in [0.1, 0.15) is 11.9 Å². The van der Waals surface area contributed by atoms with Crippen LogP contribution >= 0.6 is 11.6 Å². The fourth-order valence-electron chi connectivity index (χ4n) is 2.43. The molecule has 100 valence electrons. The number of benzene rings is 1. The van der Waals surface area contributed by atoms with E-state index in [1.54, 1.807) is 0 Å². The number of nitriles is 1. The van der Waals surface area contributed by atoms with Crippen LogP contribution in [0.25, 0.3) is 5.69 Å². The quantitative estimate of drug-likeness (QED) is 0.810. The third-order valence-electron chi connectivity index (χ3n) is 3.33. The summed E-state index contributed by atoms with van der Waals surface area (Å²) in [6.45, 7) is 0. The molecule has 1 heterocycles. The van der Waals surface area contributed by atoms with Gasteiger partial charge >= 0.3 is 0 Å². The monoisotopic (exact) mass is 289 g/mol. The molecule has 3 rings (SSSR count). The fraction of sp³-hybridized carbons (Fsp3) is 0.214. The van der Waals surface area contributed by atoms with Crippen molar-refractivity contribution in [1.29, 1.82) is 5.26 Å². The van der Waals surface area contributed by atoms with Crippen LogP contribution < -0.4 is 0 Å². The lowest BCUT2D eigenvalue weighted by Crippen LogP contribution is -2.13. The first-order valence-corrected chi connectivity index (χ1v) is 6.50.